The lowest BCUT2D eigenvalue weighted by Gasteiger charge is -2.24. The van der Waals surface area contributed by atoms with Gasteiger partial charge in [-0.1, -0.05) is 0 Å². The highest BCUT2D eigenvalue weighted by molar-refractivity contribution is 7.85. The first kappa shape index (κ1) is 15.9. The first-order valence-corrected chi connectivity index (χ1v) is 8.29. The molecule has 1 aromatic heterocycles. The zero-order valence-electron chi connectivity index (χ0n) is 13.0. The molecule has 1 aromatic rings. The number of carbonyl (C=O) groups excluding carboxylic acids is 1. The molecule has 0 aliphatic carbocycles. The van der Waals surface area contributed by atoms with Crippen LogP contribution in [0.3, 0.4) is 0 Å². The van der Waals surface area contributed by atoms with Gasteiger partial charge in [-0.3, -0.25) is 4.21 Å². The Morgan fingerprint density at radius 1 is 1.48 bits per heavy atom. The van der Waals surface area contributed by atoms with Crippen molar-refractivity contribution in [2.45, 2.75) is 50.0 Å². The van der Waals surface area contributed by atoms with Crippen molar-refractivity contribution in [3.8, 4) is 0 Å². The summed E-state index contributed by atoms with van der Waals surface area (Å²) < 4.78 is 17.9. The first-order chi connectivity index (χ1) is 9.76. The Morgan fingerprint density at radius 3 is 2.81 bits per heavy atom. The van der Waals surface area contributed by atoms with E-state index in [4.69, 9.17) is 4.74 Å². The minimum atomic E-state index is -1.19. The predicted molar refractivity (Wildman–Crippen MR) is 81.6 cm³/mol. The lowest BCUT2D eigenvalue weighted by atomic mass is 10.2. The molecule has 2 rings (SSSR count). The van der Waals surface area contributed by atoms with Crippen LogP contribution in [-0.4, -0.2) is 44.1 Å². The zero-order chi connectivity index (χ0) is 15.6. The highest BCUT2D eigenvalue weighted by Gasteiger charge is 2.33. The zero-order valence-corrected chi connectivity index (χ0v) is 13.8. The second-order valence-electron chi connectivity index (χ2n) is 6.31. The molecule has 0 aromatic carbocycles. The monoisotopic (exact) mass is 310 g/mol. The van der Waals surface area contributed by atoms with Crippen LogP contribution in [0.15, 0.2) is 23.4 Å². The molecular weight excluding hydrogens is 288 g/mol. The summed E-state index contributed by atoms with van der Waals surface area (Å²) in [4.78, 5) is 17.8. The van der Waals surface area contributed by atoms with Gasteiger partial charge in [0.25, 0.3) is 0 Å². The summed E-state index contributed by atoms with van der Waals surface area (Å²) >= 11 is 0. The third kappa shape index (κ3) is 4.27. The van der Waals surface area contributed by atoms with Gasteiger partial charge in [-0.25, -0.2) is 9.78 Å². The predicted octanol–water partition coefficient (Wildman–Crippen LogP) is 2.51. The van der Waals surface area contributed by atoms with E-state index in [1.54, 1.807) is 11.1 Å². The van der Waals surface area contributed by atoms with Crippen molar-refractivity contribution in [3.05, 3.63) is 23.9 Å². The first-order valence-electron chi connectivity index (χ1n) is 7.07. The van der Waals surface area contributed by atoms with E-state index < -0.39 is 16.4 Å². The van der Waals surface area contributed by atoms with Crippen LogP contribution in [0, 0.1) is 6.92 Å². The number of nitrogens with zero attached hydrogens (tertiary/aromatic N) is 2. The smallest absolute Gasteiger partial charge is 0.410 e. The molecule has 0 bridgehead atoms. The summed E-state index contributed by atoms with van der Waals surface area (Å²) in [5.74, 6) is 0. The largest absolute Gasteiger partial charge is 0.444 e. The highest BCUT2D eigenvalue weighted by Crippen LogP contribution is 2.21. The van der Waals surface area contributed by atoms with Crippen LogP contribution in [0.1, 0.15) is 32.8 Å². The molecule has 0 spiro atoms. The van der Waals surface area contributed by atoms with E-state index in [2.05, 4.69) is 4.98 Å². The molecule has 1 aliphatic rings. The molecule has 1 saturated heterocycles. The minimum absolute atomic E-state index is 0.0770. The normalized spacial score (nSPS) is 20.4. The van der Waals surface area contributed by atoms with E-state index in [0.29, 0.717) is 24.5 Å². The summed E-state index contributed by atoms with van der Waals surface area (Å²) in [6.07, 6.45) is 2.05. The quantitative estimate of drug-likeness (QED) is 0.842. The number of amides is 1. The van der Waals surface area contributed by atoms with Gasteiger partial charge in [0.1, 0.15) is 10.6 Å². The molecule has 5 nitrogen and oxygen atoms in total. The average Bonchev–Trinajstić information content (AvgIpc) is 2.85. The van der Waals surface area contributed by atoms with Gasteiger partial charge < -0.3 is 9.64 Å². The van der Waals surface area contributed by atoms with Crippen LogP contribution in [0.5, 0.6) is 0 Å². The number of ether oxygens (including phenoxy) is 1. The number of hydrogen-bond donors (Lipinski definition) is 0. The fourth-order valence-corrected chi connectivity index (χ4v) is 3.63. The van der Waals surface area contributed by atoms with Gasteiger partial charge in [0.2, 0.25) is 0 Å². The van der Waals surface area contributed by atoms with Crippen LogP contribution < -0.4 is 0 Å². The van der Waals surface area contributed by atoms with Crippen molar-refractivity contribution in [1.82, 2.24) is 9.88 Å². The molecule has 1 fully saturated rings. The molecule has 0 N–H and O–H groups in total. The van der Waals surface area contributed by atoms with Crippen LogP contribution in [0.2, 0.25) is 0 Å². The number of aryl methyl sites for hydroxylation is 1. The molecule has 2 heterocycles. The number of rotatable bonds is 2. The lowest BCUT2D eigenvalue weighted by molar-refractivity contribution is 0.0295. The van der Waals surface area contributed by atoms with E-state index in [-0.39, 0.29) is 11.3 Å². The second-order valence-corrected chi connectivity index (χ2v) is 7.99. The molecule has 1 unspecified atom stereocenters. The summed E-state index contributed by atoms with van der Waals surface area (Å²) in [6, 6.07) is 3.72. The van der Waals surface area contributed by atoms with E-state index in [1.807, 2.05) is 39.8 Å². The minimum Gasteiger partial charge on any atom is -0.444 e. The summed E-state index contributed by atoms with van der Waals surface area (Å²) in [5.41, 5.74) is 0.530. The topological polar surface area (TPSA) is 59.5 Å². The van der Waals surface area contributed by atoms with E-state index in [9.17, 15) is 9.00 Å². The highest BCUT2D eigenvalue weighted by atomic mass is 32.2. The van der Waals surface area contributed by atoms with Gasteiger partial charge >= 0.3 is 6.09 Å². The van der Waals surface area contributed by atoms with Crippen molar-refractivity contribution in [2.24, 2.45) is 0 Å². The van der Waals surface area contributed by atoms with Gasteiger partial charge in [0, 0.05) is 19.3 Å². The molecule has 21 heavy (non-hydrogen) atoms. The lowest BCUT2D eigenvalue weighted by Crippen LogP contribution is -2.36. The van der Waals surface area contributed by atoms with Crippen LogP contribution in [0.25, 0.3) is 0 Å². The fourth-order valence-electron chi connectivity index (χ4n) is 2.18. The van der Waals surface area contributed by atoms with Crippen molar-refractivity contribution in [2.75, 3.05) is 13.1 Å². The maximum Gasteiger partial charge on any atom is 0.410 e. The molecule has 0 saturated carbocycles. The van der Waals surface area contributed by atoms with Gasteiger partial charge in [-0.15, -0.1) is 0 Å². The van der Waals surface area contributed by atoms with Crippen LogP contribution in [0.4, 0.5) is 4.79 Å². The Balaban J connectivity index is 1.99. The third-order valence-electron chi connectivity index (χ3n) is 3.20. The standard InChI is InChI=1S/C15H22N2O3S/c1-11-5-7-16-13(9-11)21(19)12-6-8-17(10-12)14(18)20-15(2,3)4/h5,7,9,12H,6,8,10H2,1-4H3/t12-,21?/m1/s1. The average molecular weight is 310 g/mol. The number of likely N-dealkylation sites (tertiary alicyclic amines) is 1. The van der Waals surface area contributed by atoms with E-state index in [0.717, 1.165) is 5.56 Å². The molecular formula is C15H22N2O3S. The second kappa shape index (κ2) is 6.13. The Bertz CT molecular complexity index is 554. The Morgan fingerprint density at radius 2 is 2.19 bits per heavy atom. The van der Waals surface area contributed by atoms with Gasteiger partial charge in [-0.05, 0) is 51.8 Å². The third-order valence-corrected chi connectivity index (χ3v) is 4.82. The van der Waals surface area contributed by atoms with Crippen molar-refractivity contribution >= 4 is 16.9 Å². The summed E-state index contributed by atoms with van der Waals surface area (Å²) in [6.45, 7) is 8.51. The number of hydrogen-bond acceptors (Lipinski definition) is 4. The van der Waals surface area contributed by atoms with E-state index >= 15 is 0 Å². The Hall–Kier alpha value is -1.43. The number of pyridine rings is 1. The van der Waals surface area contributed by atoms with Gasteiger partial charge in [-0.2, -0.15) is 0 Å². The molecule has 116 valence electrons. The number of carbonyl (C=O) groups is 1. The SMILES string of the molecule is Cc1ccnc(S(=O)[C@@H]2CCN(C(=O)OC(C)(C)C)C2)c1. The summed E-state index contributed by atoms with van der Waals surface area (Å²) in [5, 5.41) is 0.512. The number of aromatic nitrogens is 1. The Labute approximate surface area is 128 Å². The summed E-state index contributed by atoms with van der Waals surface area (Å²) in [7, 11) is -1.19. The van der Waals surface area contributed by atoms with Crippen molar-refractivity contribution in [1.29, 1.82) is 0 Å². The van der Waals surface area contributed by atoms with Crippen molar-refractivity contribution < 1.29 is 13.7 Å². The van der Waals surface area contributed by atoms with Crippen LogP contribution >= 0.6 is 0 Å². The van der Waals surface area contributed by atoms with Gasteiger partial charge in [0.05, 0.1) is 16.0 Å². The molecule has 6 heteroatoms. The molecule has 0 radical (unpaired) electrons. The van der Waals surface area contributed by atoms with E-state index in [1.165, 1.54) is 0 Å². The molecule has 1 aliphatic heterocycles. The Kier molecular flexibility index (Phi) is 4.66. The fraction of sp³-hybridized carbons (Fsp3) is 0.600. The van der Waals surface area contributed by atoms with Crippen molar-refractivity contribution in [3.63, 3.8) is 0 Å². The molecule has 2 atom stereocenters. The maximum atomic E-state index is 12.5. The van der Waals surface area contributed by atoms with Crippen LogP contribution in [-0.2, 0) is 15.5 Å². The maximum absolute atomic E-state index is 12.5. The van der Waals surface area contributed by atoms with Gasteiger partial charge in [0.15, 0.2) is 0 Å². The molecule has 1 amide bonds.